The molecule has 0 saturated carbocycles. The molecule has 0 atom stereocenters. The summed E-state index contributed by atoms with van der Waals surface area (Å²) in [5, 5.41) is 0. The molecule has 0 N–H and O–H groups in total. The van der Waals surface area contributed by atoms with E-state index in [1.165, 1.54) is 0 Å². The van der Waals surface area contributed by atoms with Gasteiger partial charge in [0.15, 0.2) is 0 Å². The number of rotatable bonds is 0. The van der Waals surface area contributed by atoms with Crippen LogP contribution in [0.3, 0.4) is 0 Å². The van der Waals surface area contributed by atoms with Gasteiger partial charge in [-0.15, -0.1) is 0 Å². The lowest BCUT2D eigenvalue weighted by Crippen LogP contribution is -1.95. The van der Waals surface area contributed by atoms with E-state index in [-0.39, 0.29) is 0 Å². The molecule has 0 nitrogen and oxygen atoms in total. The van der Waals surface area contributed by atoms with Crippen molar-refractivity contribution in [3.8, 4) is 82.9 Å². The highest BCUT2D eigenvalue weighted by Crippen LogP contribution is 2.19. The third-order valence-electron chi connectivity index (χ3n) is 9.96. The summed E-state index contributed by atoms with van der Waals surface area (Å²) in [7, 11) is 0. The van der Waals surface area contributed by atoms with E-state index >= 15 is 0 Å². The highest BCUT2D eigenvalue weighted by atomic mass is 14.1. The first kappa shape index (κ1) is 44.5. The second-order valence-electron chi connectivity index (χ2n) is 15.0. The Balaban J connectivity index is 0.000000189. The standard InChI is InChI=1S/C38H22.C30H18/c1-5-13-31(14-6-1)21-25-35-27-28-36(26-22-32-15-7-2-8-16-32)38(30-24-34-19-11-4-12-20-34)37(35)29-23-33-17-9-3-10-18-33;1-4-10-25(11-5-1)16-19-28-22-29(20-17-26-12-6-2-7-13-26)24-30(23-28)21-18-27-14-8-3-9-15-27/h1-20,27-28H;1-15,22-24H. The van der Waals surface area contributed by atoms with E-state index in [1.807, 2.05) is 243 Å². The predicted octanol–water partition coefficient (Wildman–Crippen LogP) is 13.2. The average molecular weight is 857 g/mol. The number of benzene rings is 9. The SMILES string of the molecule is C(#Cc1cc(C#Cc2ccccc2)cc(C#Cc2ccccc2)c1)c1ccccc1.C(#Cc1ccc(C#Cc2ccccc2)c(C#Cc2ccccc2)c1C#Cc1ccccc1)c1ccccc1. The highest BCUT2D eigenvalue weighted by molar-refractivity contribution is 5.68. The van der Waals surface area contributed by atoms with E-state index in [9.17, 15) is 0 Å². The molecule has 0 heteroatoms. The molecule has 0 saturated heterocycles. The minimum absolute atomic E-state index is 0.778. The van der Waals surface area contributed by atoms with Gasteiger partial charge in [0, 0.05) is 66.8 Å². The molecule has 312 valence electrons. The van der Waals surface area contributed by atoms with Crippen LogP contribution in [0.2, 0.25) is 0 Å². The Hall–Kier alpha value is -10.1. The lowest BCUT2D eigenvalue weighted by molar-refractivity contribution is 1.50. The summed E-state index contributed by atoms with van der Waals surface area (Å²) in [6.07, 6.45) is 0. The van der Waals surface area contributed by atoms with Crippen LogP contribution in [-0.4, -0.2) is 0 Å². The third-order valence-corrected chi connectivity index (χ3v) is 9.96. The summed E-state index contributed by atoms with van der Waals surface area (Å²) in [5.74, 6) is 46.0. The van der Waals surface area contributed by atoms with Crippen molar-refractivity contribution in [2.24, 2.45) is 0 Å². The van der Waals surface area contributed by atoms with Crippen molar-refractivity contribution in [2.75, 3.05) is 0 Å². The zero-order valence-corrected chi connectivity index (χ0v) is 37.1. The lowest BCUT2D eigenvalue weighted by atomic mass is 9.95. The molecular weight excluding hydrogens is 817 g/mol. The minimum atomic E-state index is 0.778. The van der Waals surface area contributed by atoms with Crippen molar-refractivity contribution < 1.29 is 0 Å². The van der Waals surface area contributed by atoms with Crippen molar-refractivity contribution >= 4 is 0 Å². The van der Waals surface area contributed by atoms with Gasteiger partial charge in [-0.05, 0) is 115 Å². The first-order valence-electron chi connectivity index (χ1n) is 22.0. The topological polar surface area (TPSA) is 0 Å². The molecular formula is C68H40. The van der Waals surface area contributed by atoms with Crippen molar-refractivity contribution in [1.82, 2.24) is 0 Å². The maximum Gasteiger partial charge on any atom is 0.0575 e. The maximum atomic E-state index is 3.39. The van der Waals surface area contributed by atoms with Crippen LogP contribution in [0.25, 0.3) is 0 Å². The fraction of sp³-hybridized carbons (Fsp3) is 0. The Bertz CT molecular complexity index is 3260. The molecule has 0 amide bonds. The van der Waals surface area contributed by atoms with Crippen molar-refractivity contribution in [3.63, 3.8) is 0 Å². The molecule has 0 fully saturated rings. The van der Waals surface area contributed by atoms with Crippen LogP contribution in [0.1, 0.15) is 77.9 Å². The molecule has 0 aliphatic rings. The first-order chi connectivity index (χ1) is 33.7. The molecule has 0 aliphatic carbocycles. The Kier molecular flexibility index (Phi) is 15.8. The van der Waals surface area contributed by atoms with Crippen LogP contribution in [0.4, 0.5) is 0 Å². The molecule has 0 spiro atoms. The number of hydrogen-bond acceptors (Lipinski definition) is 0. The monoisotopic (exact) mass is 856 g/mol. The molecule has 9 rings (SSSR count). The largest absolute Gasteiger partial charge is 0.0622 e. The molecule has 0 unspecified atom stereocenters. The molecule has 0 radical (unpaired) electrons. The Morgan fingerprint density at radius 1 is 0.147 bits per heavy atom. The normalized spacial score (nSPS) is 9.24. The van der Waals surface area contributed by atoms with Crippen LogP contribution >= 0.6 is 0 Å². The molecule has 0 bridgehead atoms. The van der Waals surface area contributed by atoms with Gasteiger partial charge in [0.05, 0.1) is 11.1 Å². The van der Waals surface area contributed by atoms with Gasteiger partial charge in [-0.25, -0.2) is 0 Å². The average Bonchev–Trinajstić information content (AvgIpc) is 3.41. The first-order valence-corrected chi connectivity index (χ1v) is 22.0. The second-order valence-corrected chi connectivity index (χ2v) is 15.0. The smallest absolute Gasteiger partial charge is 0.0575 e. The quantitative estimate of drug-likeness (QED) is 0.133. The van der Waals surface area contributed by atoms with Crippen LogP contribution in [0, 0.1) is 82.9 Å². The third kappa shape index (κ3) is 13.9. The molecule has 0 heterocycles. The summed E-state index contributed by atoms with van der Waals surface area (Å²) < 4.78 is 0. The van der Waals surface area contributed by atoms with E-state index in [4.69, 9.17) is 0 Å². The van der Waals surface area contributed by atoms with Crippen molar-refractivity contribution in [2.45, 2.75) is 0 Å². The summed E-state index contributed by atoms with van der Waals surface area (Å²) in [4.78, 5) is 0. The lowest BCUT2D eigenvalue weighted by Gasteiger charge is -2.05. The van der Waals surface area contributed by atoms with Gasteiger partial charge in [0.25, 0.3) is 0 Å². The van der Waals surface area contributed by atoms with Gasteiger partial charge in [-0.3, -0.25) is 0 Å². The molecule has 68 heavy (non-hydrogen) atoms. The van der Waals surface area contributed by atoms with Crippen LogP contribution in [-0.2, 0) is 0 Å². The second kappa shape index (κ2) is 24.1. The minimum Gasteiger partial charge on any atom is -0.0622 e. The van der Waals surface area contributed by atoms with E-state index < -0.39 is 0 Å². The van der Waals surface area contributed by atoms with Crippen LogP contribution < -0.4 is 0 Å². The van der Waals surface area contributed by atoms with Gasteiger partial charge in [0.2, 0.25) is 0 Å². The van der Waals surface area contributed by atoms with Crippen molar-refractivity contribution in [3.05, 3.63) is 321 Å². The van der Waals surface area contributed by atoms with E-state index in [0.29, 0.717) is 0 Å². The van der Waals surface area contributed by atoms with Gasteiger partial charge in [-0.1, -0.05) is 210 Å². The van der Waals surface area contributed by atoms with Gasteiger partial charge in [0.1, 0.15) is 0 Å². The summed E-state index contributed by atoms with van der Waals surface area (Å²) >= 11 is 0. The summed E-state index contributed by atoms with van der Waals surface area (Å²) in [6, 6.07) is 79.7. The Morgan fingerprint density at radius 2 is 0.324 bits per heavy atom. The van der Waals surface area contributed by atoms with Gasteiger partial charge < -0.3 is 0 Å². The summed E-state index contributed by atoms with van der Waals surface area (Å²) in [6.45, 7) is 0. The van der Waals surface area contributed by atoms with E-state index in [2.05, 4.69) is 82.9 Å². The van der Waals surface area contributed by atoms with Crippen LogP contribution in [0.5, 0.6) is 0 Å². The summed E-state index contributed by atoms with van der Waals surface area (Å²) in [5.41, 5.74) is 12.6. The maximum absolute atomic E-state index is 3.39. The van der Waals surface area contributed by atoms with E-state index in [0.717, 1.165) is 77.9 Å². The molecule has 9 aromatic carbocycles. The number of hydrogen-bond donors (Lipinski definition) is 0. The molecule has 0 aromatic heterocycles. The fourth-order valence-corrected chi connectivity index (χ4v) is 6.55. The molecule has 9 aromatic rings. The highest BCUT2D eigenvalue weighted by Gasteiger charge is 2.09. The fourth-order valence-electron chi connectivity index (χ4n) is 6.55. The zero-order valence-electron chi connectivity index (χ0n) is 37.1. The van der Waals surface area contributed by atoms with Crippen LogP contribution in [0.15, 0.2) is 243 Å². The molecule has 0 aliphatic heterocycles. The van der Waals surface area contributed by atoms with Gasteiger partial charge in [-0.2, -0.15) is 0 Å². The van der Waals surface area contributed by atoms with Gasteiger partial charge >= 0.3 is 0 Å². The van der Waals surface area contributed by atoms with Crippen molar-refractivity contribution in [1.29, 1.82) is 0 Å². The zero-order chi connectivity index (χ0) is 46.3. The Labute approximate surface area is 401 Å². The van der Waals surface area contributed by atoms with E-state index in [1.54, 1.807) is 0 Å². The Morgan fingerprint density at radius 3 is 0.544 bits per heavy atom. The predicted molar refractivity (Wildman–Crippen MR) is 280 cm³/mol.